The summed E-state index contributed by atoms with van der Waals surface area (Å²) < 4.78 is 5.54. The predicted octanol–water partition coefficient (Wildman–Crippen LogP) is 0.161. The second-order valence-electron chi connectivity index (χ2n) is 4.26. The van der Waals surface area contributed by atoms with Crippen molar-refractivity contribution in [2.75, 3.05) is 20.2 Å². The zero-order valence-corrected chi connectivity index (χ0v) is 10.8. The number of para-hydroxylation sites is 1. The Labute approximate surface area is 112 Å². The second kappa shape index (κ2) is 6.08. The standard InChI is InChI=1S/C13H18N4O2/c1-15-13(14)16-8-12(18)17-10-6-7-19-11-5-3-2-4-9(10)11/h2-5,10H,6-8H2,1H3,(H,17,18)(H3,14,15,16). The van der Waals surface area contributed by atoms with Crippen LogP contribution in [0.5, 0.6) is 5.75 Å². The molecule has 0 aliphatic carbocycles. The van der Waals surface area contributed by atoms with Crippen LogP contribution in [0.4, 0.5) is 0 Å². The number of ether oxygens (including phenoxy) is 1. The van der Waals surface area contributed by atoms with Gasteiger partial charge in [-0.05, 0) is 6.07 Å². The molecule has 1 unspecified atom stereocenters. The van der Waals surface area contributed by atoms with Crippen LogP contribution >= 0.6 is 0 Å². The molecule has 1 aliphatic heterocycles. The van der Waals surface area contributed by atoms with E-state index >= 15 is 0 Å². The van der Waals surface area contributed by atoms with Gasteiger partial charge in [0.2, 0.25) is 5.91 Å². The van der Waals surface area contributed by atoms with Crippen molar-refractivity contribution in [3.8, 4) is 5.75 Å². The minimum atomic E-state index is -0.117. The van der Waals surface area contributed by atoms with Gasteiger partial charge in [0.25, 0.3) is 0 Å². The number of fused-ring (bicyclic) bond motifs is 1. The van der Waals surface area contributed by atoms with Crippen LogP contribution in [0, 0.1) is 0 Å². The lowest BCUT2D eigenvalue weighted by Gasteiger charge is -2.26. The molecule has 6 heteroatoms. The van der Waals surface area contributed by atoms with Crippen molar-refractivity contribution in [1.82, 2.24) is 10.6 Å². The number of guanidine groups is 1. The number of aliphatic imine (C=N–C) groups is 1. The van der Waals surface area contributed by atoms with Gasteiger partial charge < -0.3 is 21.1 Å². The fourth-order valence-corrected chi connectivity index (χ4v) is 1.99. The van der Waals surface area contributed by atoms with Crippen molar-refractivity contribution in [1.29, 1.82) is 0 Å². The molecule has 2 rings (SSSR count). The molecule has 0 aromatic heterocycles. The van der Waals surface area contributed by atoms with Gasteiger partial charge in [0.1, 0.15) is 5.75 Å². The molecule has 102 valence electrons. The molecular formula is C13H18N4O2. The molecule has 19 heavy (non-hydrogen) atoms. The Kier molecular flexibility index (Phi) is 4.22. The van der Waals surface area contributed by atoms with E-state index in [9.17, 15) is 4.79 Å². The number of hydrogen-bond donors (Lipinski definition) is 3. The van der Waals surface area contributed by atoms with Crippen LogP contribution in [0.3, 0.4) is 0 Å². The number of carbonyl (C=O) groups is 1. The minimum absolute atomic E-state index is 0.0148. The Morgan fingerprint density at radius 1 is 1.53 bits per heavy atom. The maximum Gasteiger partial charge on any atom is 0.239 e. The monoisotopic (exact) mass is 262 g/mol. The van der Waals surface area contributed by atoms with E-state index in [1.165, 1.54) is 0 Å². The van der Waals surface area contributed by atoms with E-state index in [2.05, 4.69) is 15.6 Å². The van der Waals surface area contributed by atoms with Crippen molar-refractivity contribution < 1.29 is 9.53 Å². The Balaban J connectivity index is 1.95. The molecule has 1 aromatic rings. The molecule has 0 fully saturated rings. The Bertz CT molecular complexity index is 487. The maximum atomic E-state index is 11.8. The first-order chi connectivity index (χ1) is 9.20. The highest BCUT2D eigenvalue weighted by Gasteiger charge is 2.22. The molecule has 0 saturated carbocycles. The van der Waals surface area contributed by atoms with Gasteiger partial charge in [0.05, 0.1) is 19.2 Å². The summed E-state index contributed by atoms with van der Waals surface area (Å²) in [5.74, 6) is 0.970. The van der Waals surface area contributed by atoms with E-state index in [1.54, 1.807) is 7.05 Å². The zero-order chi connectivity index (χ0) is 13.7. The number of amides is 1. The summed E-state index contributed by atoms with van der Waals surface area (Å²) in [4.78, 5) is 15.5. The topological polar surface area (TPSA) is 88.7 Å². The van der Waals surface area contributed by atoms with E-state index in [0.717, 1.165) is 17.7 Å². The van der Waals surface area contributed by atoms with Crippen molar-refractivity contribution in [3.63, 3.8) is 0 Å². The van der Waals surface area contributed by atoms with Gasteiger partial charge in [0.15, 0.2) is 5.96 Å². The van der Waals surface area contributed by atoms with Gasteiger partial charge in [-0.15, -0.1) is 0 Å². The Morgan fingerprint density at radius 2 is 2.32 bits per heavy atom. The number of hydrogen-bond acceptors (Lipinski definition) is 3. The van der Waals surface area contributed by atoms with Crippen LogP contribution in [-0.4, -0.2) is 32.1 Å². The fraction of sp³-hybridized carbons (Fsp3) is 0.385. The highest BCUT2D eigenvalue weighted by molar-refractivity contribution is 5.85. The molecule has 0 saturated heterocycles. The molecule has 1 aromatic carbocycles. The maximum absolute atomic E-state index is 11.8. The van der Waals surface area contributed by atoms with Gasteiger partial charge in [-0.1, -0.05) is 18.2 Å². The summed E-state index contributed by atoms with van der Waals surface area (Å²) in [7, 11) is 1.56. The summed E-state index contributed by atoms with van der Waals surface area (Å²) in [5, 5.41) is 5.69. The van der Waals surface area contributed by atoms with E-state index < -0.39 is 0 Å². The molecule has 0 spiro atoms. The van der Waals surface area contributed by atoms with Crippen LogP contribution in [0.2, 0.25) is 0 Å². The Morgan fingerprint density at radius 3 is 3.11 bits per heavy atom. The van der Waals surface area contributed by atoms with Gasteiger partial charge in [-0.25, -0.2) is 0 Å². The average molecular weight is 262 g/mol. The summed E-state index contributed by atoms with van der Waals surface area (Å²) in [6.07, 6.45) is 0.764. The lowest BCUT2D eigenvalue weighted by molar-refractivity contribution is -0.120. The normalized spacial score (nSPS) is 18.2. The molecule has 1 amide bonds. The summed E-state index contributed by atoms with van der Waals surface area (Å²) in [6, 6.07) is 7.72. The molecule has 1 atom stereocenters. The first kappa shape index (κ1) is 13.2. The molecule has 0 bridgehead atoms. The van der Waals surface area contributed by atoms with E-state index in [0.29, 0.717) is 6.61 Å². The SMILES string of the molecule is CN=C(N)NCC(=O)NC1CCOc2ccccc21. The molecule has 1 heterocycles. The number of nitrogens with two attached hydrogens (primary N) is 1. The van der Waals surface area contributed by atoms with Crippen LogP contribution in [0.25, 0.3) is 0 Å². The highest BCUT2D eigenvalue weighted by Crippen LogP contribution is 2.31. The van der Waals surface area contributed by atoms with Crippen LogP contribution < -0.4 is 21.1 Å². The van der Waals surface area contributed by atoms with Gasteiger partial charge in [-0.2, -0.15) is 0 Å². The lowest BCUT2D eigenvalue weighted by Crippen LogP contribution is -2.42. The summed E-state index contributed by atoms with van der Waals surface area (Å²) in [6.45, 7) is 0.719. The quantitative estimate of drug-likeness (QED) is 0.535. The number of carbonyl (C=O) groups excluding carboxylic acids is 1. The van der Waals surface area contributed by atoms with E-state index in [4.69, 9.17) is 10.5 Å². The van der Waals surface area contributed by atoms with Gasteiger partial charge in [0, 0.05) is 19.0 Å². The van der Waals surface area contributed by atoms with Crippen molar-refractivity contribution in [3.05, 3.63) is 29.8 Å². The van der Waals surface area contributed by atoms with Crippen molar-refractivity contribution >= 4 is 11.9 Å². The van der Waals surface area contributed by atoms with Crippen LogP contribution in [-0.2, 0) is 4.79 Å². The van der Waals surface area contributed by atoms with E-state index in [1.807, 2.05) is 24.3 Å². The highest BCUT2D eigenvalue weighted by atomic mass is 16.5. The van der Waals surface area contributed by atoms with E-state index in [-0.39, 0.29) is 24.5 Å². The third-order valence-electron chi connectivity index (χ3n) is 2.96. The van der Waals surface area contributed by atoms with Gasteiger partial charge in [-0.3, -0.25) is 9.79 Å². The number of rotatable bonds is 3. The van der Waals surface area contributed by atoms with Crippen LogP contribution in [0.1, 0.15) is 18.0 Å². The molecule has 6 nitrogen and oxygen atoms in total. The summed E-state index contributed by atoms with van der Waals surface area (Å²) >= 11 is 0. The first-order valence-electron chi connectivity index (χ1n) is 6.18. The Hall–Kier alpha value is -2.24. The number of benzene rings is 1. The lowest BCUT2D eigenvalue weighted by atomic mass is 10.0. The fourth-order valence-electron chi connectivity index (χ4n) is 1.99. The second-order valence-corrected chi connectivity index (χ2v) is 4.26. The number of nitrogens with zero attached hydrogens (tertiary/aromatic N) is 1. The third kappa shape index (κ3) is 3.37. The molecular weight excluding hydrogens is 244 g/mol. The molecule has 0 radical (unpaired) electrons. The van der Waals surface area contributed by atoms with Crippen molar-refractivity contribution in [2.45, 2.75) is 12.5 Å². The number of nitrogens with one attached hydrogen (secondary N) is 2. The minimum Gasteiger partial charge on any atom is -0.493 e. The molecule has 4 N–H and O–H groups in total. The average Bonchev–Trinajstić information content (AvgIpc) is 2.45. The smallest absolute Gasteiger partial charge is 0.239 e. The predicted molar refractivity (Wildman–Crippen MR) is 73.0 cm³/mol. The summed E-state index contributed by atoms with van der Waals surface area (Å²) in [5.41, 5.74) is 6.48. The van der Waals surface area contributed by atoms with Gasteiger partial charge >= 0.3 is 0 Å². The van der Waals surface area contributed by atoms with Crippen molar-refractivity contribution in [2.24, 2.45) is 10.7 Å². The van der Waals surface area contributed by atoms with Crippen LogP contribution in [0.15, 0.2) is 29.3 Å². The zero-order valence-electron chi connectivity index (χ0n) is 10.8. The third-order valence-corrected chi connectivity index (χ3v) is 2.96. The largest absolute Gasteiger partial charge is 0.493 e. The molecule has 1 aliphatic rings. The first-order valence-corrected chi connectivity index (χ1v) is 6.18.